The number of rotatable bonds is 2. The van der Waals surface area contributed by atoms with Gasteiger partial charge in [0.15, 0.2) is 11.5 Å². The second-order valence-electron chi connectivity index (χ2n) is 3.43. The van der Waals surface area contributed by atoms with Crippen molar-refractivity contribution in [3.8, 4) is 11.5 Å². The highest BCUT2D eigenvalue weighted by Crippen LogP contribution is 2.36. The molecule has 0 amide bonds. The molecule has 1 N–H and O–H groups in total. The Morgan fingerprint density at radius 3 is 2.86 bits per heavy atom. The summed E-state index contributed by atoms with van der Waals surface area (Å²) in [4.78, 5) is 0. The average Bonchev–Trinajstić information content (AvgIpc) is 2.95. The van der Waals surface area contributed by atoms with Crippen LogP contribution in [0.25, 0.3) is 0 Å². The van der Waals surface area contributed by atoms with E-state index in [0.717, 1.165) is 11.3 Å². The van der Waals surface area contributed by atoms with Crippen LogP contribution in [0.4, 0.5) is 0 Å². The Morgan fingerprint density at radius 2 is 2.07 bits per heavy atom. The highest BCUT2D eigenvalue weighted by molar-refractivity contribution is 5.45. The van der Waals surface area contributed by atoms with Gasteiger partial charge in [0.1, 0.15) is 12.2 Å². The maximum Gasteiger partial charge on any atom is 0.231 e. The zero-order valence-corrected chi connectivity index (χ0v) is 7.47. The molecule has 0 unspecified atom stereocenters. The third kappa shape index (κ3) is 1.23. The maximum absolute atomic E-state index is 9.77. The second kappa shape index (κ2) is 2.87. The van der Waals surface area contributed by atoms with Crippen LogP contribution in [0.1, 0.15) is 11.7 Å². The molecule has 3 rings (SSSR count). The normalized spacial score (nSPS) is 24.8. The first-order valence-corrected chi connectivity index (χ1v) is 4.54. The van der Waals surface area contributed by atoms with Gasteiger partial charge in [0.2, 0.25) is 6.79 Å². The first kappa shape index (κ1) is 8.08. The van der Waals surface area contributed by atoms with Gasteiger partial charge in [0, 0.05) is 0 Å². The van der Waals surface area contributed by atoms with E-state index in [4.69, 9.17) is 14.2 Å². The van der Waals surface area contributed by atoms with Crippen LogP contribution in [0.2, 0.25) is 0 Å². The summed E-state index contributed by atoms with van der Waals surface area (Å²) < 4.78 is 15.4. The third-order valence-corrected chi connectivity index (χ3v) is 2.45. The fraction of sp³-hybridized carbons (Fsp3) is 0.400. The summed E-state index contributed by atoms with van der Waals surface area (Å²) in [6.45, 7) is 0.893. The molecule has 4 nitrogen and oxygen atoms in total. The SMILES string of the molecule is O[C@H](c1ccc2c(c1)OCO2)[C@@H]1CO1. The summed E-state index contributed by atoms with van der Waals surface area (Å²) in [5.41, 5.74) is 0.816. The van der Waals surface area contributed by atoms with Crippen LogP contribution in [0.3, 0.4) is 0 Å². The molecular weight excluding hydrogens is 184 g/mol. The molecule has 2 atom stereocenters. The van der Waals surface area contributed by atoms with Crippen LogP contribution in [-0.4, -0.2) is 24.6 Å². The molecular formula is C10H10O4. The number of epoxide rings is 1. The average molecular weight is 194 g/mol. The molecule has 2 aliphatic heterocycles. The van der Waals surface area contributed by atoms with Gasteiger partial charge in [-0.25, -0.2) is 0 Å². The van der Waals surface area contributed by atoms with E-state index in [1.807, 2.05) is 12.1 Å². The minimum absolute atomic E-state index is 0.0460. The molecule has 0 radical (unpaired) electrons. The quantitative estimate of drug-likeness (QED) is 0.709. The van der Waals surface area contributed by atoms with E-state index in [-0.39, 0.29) is 12.9 Å². The highest BCUT2D eigenvalue weighted by atomic mass is 16.7. The number of ether oxygens (including phenoxy) is 3. The number of aliphatic hydroxyl groups is 1. The van der Waals surface area contributed by atoms with Gasteiger partial charge < -0.3 is 19.3 Å². The fourth-order valence-corrected chi connectivity index (χ4v) is 1.55. The molecule has 1 aromatic rings. The van der Waals surface area contributed by atoms with E-state index in [2.05, 4.69) is 0 Å². The molecule has 4 heteroatoms. The highest BCUT2D eigenvalue weighted by Gasteiger charge is 2.33. The van der Waals surface area contributed by atoms with Crippen LogP contribution in [0.5, 0.6) is 11.5 Å². The van der Waals surface area contributed by atoms with Crippen molar-refractivity contribution in [3.05, 3.63) is 23.8 Å². The van der Waals surface area contributed by atoms with Gasteiger partial charge in [-0.2, -0.15) is 0 Å². The molecule has 0 aliphatic carbocycles. The van der Waals surface area contributed by atoms with Gasteiger partial charge in [-0.1, -0.05) is 6.07 Å². The Hall–Kier alpha value is -1.26. The van der Waals surface area contributed by atoms with Crippen LogP contribution >= 0.6 is 0 Å². The first-order valence-electron chi connectivity index (χ1n) is 4.54. The molecule has 74 valence electrons. The third-order valence-electron chi connectivity index (χ3n) is 2.45. The van der Waals surface area contributed by atoms with Crippen molar-refractivity contribution in [1.82, 2.24) is 0 Å². The summed E-state index contributed by atoms with van der Waals surface area (Å²) in [5.74, 6) is 1.43. The summed E-state index contributed by atoms with van der Waals surface area (Å²) in [7, 11) is 0. The summed E-state index contributed by atoms with van der Waals surface area (Å²) in [6.07, 6.45) is -0.597. The minimum Gasteiger partial charge on any atom is -0.454 e. The maximum atomic E-state index is 9.77. The Bertz CT molecular complexity index is 359. The predicted octanol–water partition coefficient (Wildman–Crippen LogP) is 0.847. The van der Waals surface area contributed by atoms with E-state index in [1.54, 1.807) is 6.07 Å². The molecule has 0 saturated carbocycles. The Labute approximate surface area is 81.0 Å². The first-order chi connectivity index (χ1) is 6.84. The monoisotopic (exact) mass is 194 g/mol. The van der Waals surface area contributed by atoms with Gasteiger partial charge in [-0.05, 0) is 17.7 Å². The van der Waals surface area contributed by atoms with E-state index in [1.165, 1.54) is 0 Å². The molecule has 2 heterocycles. The molecule has 0 spiro atoms. The Kier molecular flexibility index (Phi) is 1.65. The molecule has 1 saturated heterocycles. The van der Waals surface area contributed by atoms with Crippen molar-refractivity contribution in [2.45, 2.75) is 12.2 Å². The summed E-state index contributed by atoms with van der Waals surface area (Å²) in [5, 5.41) is 9.77. The van der Waals surface area contributed by atoms with E-state index < -0.39 is 6.10 Å². The van der Waals surface area contributed by atoms with E-state index in [9.17, 15) is 5.11 Å². The zero-order chi connectivity index (χ0) is 9.54. The van der Waals surface area contributed by atoms with Crippen molar-refractivity contribution in [3.63, 3.8) is 0 Å². The van der Waals surface area contributed by atoms with E-state index in [0.29, 0.717) is 12.4 Å². The van der Waals surface area contributed by atoms with Gasteiger partial charge in [0.05, 0.1) is 6.61 Å². The summed E-state index contributed by atoms with van der Waals surface area (Å²) in [6, 6.07) is 5.44. The molecule has 0 bridgehead atoms. The van der Waals surface area contributed by atoms with Crippen LogP contribution in [0.15, 0.2) is 18.2 Å². The Morgan fingerprint density at radius 1 is 1.29 bits per heavy atom. The summed E-state index contributed by atoms with van der Waals surface area (Å²) >= 11 is 0. The van der Waals surface area contributed by atoms with Crippen molar-refractivity contribution in [1.29, 1.82) is 0 Å². The van der Waals surface area contributed by atoms with Crippen LogP contribution in [0, 0.1) is 0 Å². The predicted molar refractivity (Wildman–Crippen MR) is 47.3 cm³/mol. The van der Waals surface area contributed by atoms with Crippen molar-refractivity contribution < 1.29 is 19.3 Å². The fourth-order valence-electron chi connectivity index (χ4n) is 1.55. The number of aliphatic hydroxyl groups excluding tert-OH is 1. The van der Waals surface area contributed by atoms with Crippen molar-refractivity contribution in [2.75, 3.05) is 13.4 Å². The van der Waals surface area contributed by atoms with Gasteiger partial charge in [-0.15, -0.1) is 0 Å². The lowest BCUT2D eigenvalue weighted by Crippen LogP contribution is -2.04. The molecule has 2 aliphatic rings. The number of fused-ring (bicyclic) bond motifs is 1. The van der Waals surface area contributed by atoms with Gasteiger partial charge >= 0.3 is 0 Å². The lowest BCUT2D eigenvalue weighted by atomic mass is 10.1. The van der Waals surface area contributed by atoms with Gasteiger partial charge in [0.25, 0.3) is 0 Å². The van der Waals surface area contributed by atoms with Crippen LogP contribution in [-0.2, 0) is 4.74 Å². The lowest BCUT2D eigenvalue weighted by molar-refractivity contribution is 0.136. The topological polar surface area (TPSA) is 51.2 Å². The minimum atomic E-state index is -0.551. The number of benzene rings is 1. The molecule has 14 heavy (non-hydrogen) atoms. The van der Waals surface area contributed by atoms with Gasteiger partial charge in [-0.3, -0.25) is 0 Å². The largest absolute Gasteiger partial charge is 0.454 e. The molecule has 0 aromatic heterocycles. The molecule has 1 aromatic carbocycles. The smallest absolute Gasteiger partial charge is 0.231 e. The van der Waals surface area contributed by atoms with Crippen molar-refractivity contribution >= 4 is 0 Å². The lowest BCUT2D eigenvalue weighted by Gasteiger charge is -2.07. The second-order valence-corrected chi connectivity index (χ2v) is 3.43. The van der Waals surface area contributed by atoms with Crippen LogP contribution < -0.4 is 9.47 Å². The number of hydrogen-bond donors (Lipinski definition) is 1. The standard InChI is InChI=1S/C10H10O4/c11-10(9-4-12-9)6-1-2-7-8(3-6)14-5-13-7/h1-3,9-11H,4-5H2/t9-,10+/m0/s1. The Balaban J connectivity index is 1.91. The molecule has 1 fully saturated rings. The van der Waals surface area contributed by atoms with E-state index >= 15 is 0 Å². The number of hydrogen-bond acceptors (Lipinski definition) is 4. The zero-order valence-electron chi connectivity index (χ0n) is 7.47. The van der Waals surface area contributed by atoms with Crippen molar-refractivity contribution in [2.24, 2.45) is 0 Å².